The number of hydrogen-bond donors (Lipinski definition) is 2. The van der Waals surface area contributed by atoms with E-state index in [-0.39, 0.29) is 12.3 Å². The lowest BCUT2D eigenvalue weighted by Gasteiger charge is -2.32. The van der Waals surface area contributed by atoms with Gasteiger partial charge in [-0.25, -0.2) is 4.72 Å². The maximum atomic E-state index is 11.6. The molecule has 0 bridgehead atoms. The minimum atomic E-state index is -3.32. The number of aliphatic carboxylic acids is 1. The molecule has 1 atom stereocenters. The Morgan fingerprint density at radius 2 is 2.25 bits per heavy atom. The van der Waals surface area contributed by atoms with Gasteiger partial charge in [-0.05, 0) is 18.8 Å². The Bertz CT molecular complexity index is 341. The summed E-state index contributed by atoms with van der Waals surface area (Å²) < 4.78 is 27.0. The zero-order chi connectivity index (χ0) is 12.2. The Balaban J connectivity index is 2.52. The number of rotatable bonds is 5. The van der Waals surface area contributed by atoms with Crippen LogP contribution in [0.15, 0.2) is 0 Å². The normalized spacial score (nSPS) is 25.4. The second kappa shape index (κ2) is 5.60. The van der Waals surface area contributed by atoms with Crippen molar-refractivity contribution in [2.24, 2.45) is 5.92 Å². The fourth-order valence-corrected chi connectivity index (χ4v) is 3.21. The van der Waals surface area contributed by atoms with Crippen molar-refractivity contribution >= 4 is 16.2 Å². The first kappa shape index (κ1) is 13.4. The summed E-state index contributed by atoms with van der Waals surface area (Å²) in [4.78, 5) is 10.4. The predicted molar refractivity (Wildman–Crippen MR) is 59.1 cm³/mol. The van der Waals surface area contributed by atoms with Gasteiger partial charge in [0.05, 0.1) is 0 Å². The lowest BCUT2D eigenvalue weighted by molar-refractivity contribution is -0.137. The van der Waals surface area contributed by atoms with Gasteiger partial charge in [-0.2, -0.15) is 12.7 Å². The number of hydrogen-bond acceptors (Lipinski definition) is 3. The summed E-state index contributed by atoms with van der Waals surface area (Å²) in [6.07, 6.45) is 1.36. The summed E-state index contributed by atoms with van der Waals surface area (Å²) in [5.41, 5.74) is 0. The van der Waals surface area contributed by atoms with Gasteiger partial charge in [-0.15, -0.1) is 0 Å². The van der Waals surface area contributed by atoms with Crippen LogP contribution in [0.5, 0.6) is 0 Å². The summed E-state index contributed by atoms with van der Waals surface area (Å²) in [5, 5.41) is 8.56. The molecule has 0 spiro atoms. The van der Waals surface area contributed by atoms with Gasteiger partial charge in [-0.3, -0.25) is 4.79 Å². The molecule has 0 amide bonds. The van der Waals surface area contributed by atoms with Crippen LogP contribution in [0, 0.1) is 5.92 Å². The van der Waals surface area contributed by atoms with E-state index in [4.69, 9.17) is 5.11 Å². The van der Waals surface area contributed by atoms with Gasteiger partial charge >= 0.3 is 5.97 Å². The molecule has 1 aliphatic heterocycles. The van der Waals surface area contributed by atoms with Crippen LogP contribution in [0.4, 0.5) is 0 Å². The summed E-state index contributed by atoms with van der Waals surface area (Å²) in [5.74, 6) is -0.748. The van der Waals surface area contributed by atoms with Gasteiger partial charge in [0.1, 0.15) is 0 Å². The number of carbonyl (C=O) groups is 1. The highest BCUT2D eigenvalue weighted by Gasteiger charge is 2.30. The Labute approximate surface area is 95.8 Å². The fourth-order valence-electron chi connectivity index (χ4n) is 1.75. The number of carboxylic acids is 1. The van der Waals surface area contributed by atoms with Crippen molar-refractivity contribution in [1.29, 1.82) is 0 Å². The highest BCUT2D eigenvalue weighted by molar-refractivity contribution is 7.87. The van der Waals surface area contributed by atoms with E-state index in [0.29, 0.717) is 26.1 Å². The SMILES string of the molecule is CCCN1CC(CCC(=O)O)CNS1(=O)=O. The Hall–Kier alpha value is -0.660. The first-order valence-corrected chi connectivity index (χ1v) is 6.86. The van der Waals surface area contributed by atoms with E-state index in [1.54, 1.807) is 0 Å². The topological polar surface area (TPSA) is 86.7 Å². The zero-order valence-electron chi connectivity index (χ0n) is 9.35. The van der Waals surface area contributed by atoms with Gasteiger partial charge in [0.2, 0.25) is 0 Å². The van der Waals surface area contributed by atoms with Crippen LogP contribution >= 0.6 is 0 Å². The molecule has 1 fully saturated rings. The molecule has 16 heavy (non-hydrogen) atoms. The van der Waals surface area contributed by atoms with E-state index in [0.717, 1.165) is 6.42 Å². The van der Waals surface area contributed by atoms with E-state index in [1.807, 2.05) is 6.92 Å². The molecular formula is C9H18N2O4S. The number of carboxylic acid groups (broad SMARTS) is 1. The van der Waals surface area contributed by atoms with Crippen LogP contribution in [-0.4, -0.2) is 43.4 Å². The molecule has 1 saturated heterocycles. The third-order valence-electron chi connectivity index (χ3n) is 2.60. The van der Waals surface area contributed by atoms with Crippen LogP contribution < -0.4 is 4.72 Å². The summed E-state index contributed by atoms with van der Waals surface area (Å²) >= 11 is 0. The van der Waals surface area contributed by atoms with Crippen LogP contribution in [0.2, 0.25) is 0 Å². The Kier molecular flexibility index (Phi) is 4.69. The lowest BCUT2D eigenvalue weighted by atomic mass is 10.0. The maximum absolute atomic E-state index is 11.6. The van der Waals surface area contributed by atoms with Gasteiger partial charge in [0.25, 0.3) is 10.2 Å². The fraction of sp³-hybridized carbons (Fsp3) is 0.889. The highest BCUT2D eigenvalue weighted by atomic mass is 32.2. The summed E-state index contributed by atoms with van der Waals surface area (Å²) in [7, 11) is -3.32. The third-order valence-corrected chi connectivity index (χ3v) is 4.14. The molecule has 1 unspecified atom stereocenters. The monoisotopic (exact) mass is 250 g/mol. The van der Waals surface area contributed by atoms with Crippen LogP contribution in [0.25, 0.3) is 0 Å². The molecular weight excluding hydrogens is 232 g/mol. The van der Waals surface area contributed by atoms with Crippen molar-refractivity contribution in [3.05, 3.63) is 0 Å². The molecule has 0 saturated carbocycles. The van der Waals surface area contributed by atoms with Crippen molar-refractivity contribution < 1.29 is 18.3 Å². The van der Waals surface area contributed by atoms with E-state index in [1.165, 1.54) is 4.31 Å². The molecule has 0 radical (unpaired) electrons. The van der Waals surface area contributed by atoms with E-state index < -0.39 is 16.2 Å². The first-order chi connectivity index (χ1) is 7.45. The number of nitrogens with one attached hydrogen (secondary N) is 1. The maximum Gasteiger partial charge on any atom is 0.303 e. The lowest BCUT2D eigenvalue weighted by Crippen LogP contribution is -2.51. The average molecular weight is 250 g/mol. The Morgan fingerprint density at radius 1 is 1.56 bits per heavy atom. The molecule has 1 rings (SSSR count). The van der Waals surface area contributed by atoms with Gasteiger partial charge in [0.15, 0.2) is 0 Å². The molecule has 94 valence electrons. The molecule has 1 aliphatic rings. The quantitative estimate of drug-likeness (QED) is 0.720. The van der Waals surface area contributed by atoms with Gasteiger partial charge in [0, 0.05) is 26.1 Å². The minimum absolute atomic E-state index is 0.0891. The zero-order valence-corrected chi connectivity index (χ0v) is 10.2. The molecule has 0 aromatic heterocycles. The van der Waals surface area contributed by atoms with Crippen molar-refractivity contribution in [3.8, 4) is 0 Å². The van der Waals surface area contributed by atoms with E-state index in [9.17, 15) is 13.2 Å². The first-order valence-electron chi connectivity index (χ1n) is 5.42. The molecule has 1 heterocycles. The summed E-state index contributed by atoms with van der Waals surface area (Å²) in [6, 6.07) is 0. The standard InChI is InChI=1S/C9H18N2O4S/c1-2-5-11-7-8(3-4-9(12)13)6-10-16(11,14)15/h8,10H,2-7H2,1H3,(H,12,13). The average Bonchev–Trinajstić information content (AvgIpc) is 2.19. The third kappa shape index (κ3) is 3.73. The second-order valence-corrected chi connectivity index (χ2v) is 5.77. The van der Waals surface area contributed by atoms with Crippen molar-refractivity contribution in [1.82, 2.24) is 9.03 Å². The molecule has 0 aromatic carbocycles. The van der Waals surface area contributed by atoms with E-state index in [2.05, 4.69) is 4.72 Å². The smallest absolute Gasteiger partial charge is 0.303 e. The Morgan fingerprint density at radius 3 is 2.81 bits per heavy atom. The van der Waals surface area contributed by atoms with Gasteiger partial charge in [-0.1, -0.05) is 6.92 Å². The number of nitrogens with zero attached hydrogens (tertiary/aromatic N) is 1. The van der Waals surface area contributed by atoms with Crippen LogP contribution in [-0.2, 0) is 15.0 Å². The highest BCUT2D eigenvalue weighted by Crippen LogP contribution is 2.16. The van der Waals surface area contributed by atoms with Crippen LogP contribution in [0.3, 0.4) is 0 Å². The largest absolute Gasteiger partial charge is 0.481 e. The van der Waals surface area contributed by atoms with E-state index >= 15 is 0 Å². The van der Waals surface area contributed by atoms with Crippen molar-refractivity contribution in [3.63, 3.8) is 0 Å². The van der Waals surface area contributed by atoms with Crippen molar-refractivity contribution in [2.45, 2.75) is 26.2 Å². The van der Waals surface area contributed by atoms with Crippen molar-refractivity contribution in [2.75, 3.05) is 19.6 Å². The second-order valence-electron chi connectivity index (χ2n) is 4.01. The molecule has 2 N–H and O–H groups in total. The molecule has 0 aromatic rings. The summed E-state index contributed by atoms with van der Waals surface area (Å²) in [6.45, 7) is 3.17. The van der Waals surface area contributed by atoms with Crippen LogP contribution in [0.1, 0.15) is 26.2 Å². The predicted octanol–water partition coefficient (Wildman–Crippen LogP) is 0.0274. The molecule has 7 heteroatoms. The minimum Gasteiger partial charge on any atom is -0.481 e. The molecule has 6 nitrogen and oxygen atoms in total. The van der Waals surface area contributed by atoms with Gasteiger partial charge < -0.3 is 5.11 Å². The molecule has 0 aliphatic carbocycles.